The molecule has 26 heavy (non-hydrogen) atoms. The Bertz CT molecular complexity index is 469. The Morgan fingerprint density at radius 2 is 2.04 bits per heavy atom. The minimum atomic E-state index is -0.747. The van der Waals surface area contributed by atoms with Crippen molar-refractivity contribution in [2.24, 2.45) is 11.8 Å². The van der Waals surface area contributed by atoms with Crippen molar-refractivity contribution in [1.29, 1.82) is 0 Å². The lowest BCUT2D eigenvalue weighted by Gasteiger charge is -2.21. The molecule has 2 aliphatic rings. The van der Waals surface area contributed by atoms with Gasteiger partial charge in [0.1, 0.15) is 0 Å². The molecular weight excluding hydrogens is 447 g/mol. The van der Waals surface area contributed by atoms with Gasteiger partial charge in [0.05, 0.1) is 24.4 Å². The first-order valence-corrected chi connectivity index (χ1v) is 11.2. The predicted molar refractivity (Wildman–Crippen MR) is 109 cm³/mol. The number of aliphatic hydroxyl groups is 2. The van der Waals surface area contributed by atoms with Gasteiger partial charge in [-0.1, -0.05) is 60.9 Å². The fourth-order valence-electron chi connectivity index (χ4n) is 4.21. The van der Waals surface area contributed by atoms with E-state index in [0.29, 0.717) is 22.7 Å². The van der Waals surface area contributed by atoms with Crippen LogP contribution < -0.4 is 0 Å². The average molecular weight is 480 g/mol. The van der Waals surface area contributed by atoms with Gasteiger partial charge < -0.3 is 20.1 Å². The average Bonchev–Trinajstić information content (AvgIpc) is 3.10. The van der Waals surface area contributed by atoms with Crippen molar-refractivity contribution in [2.45, 2.75) is 93.1 Å². The topological polar surface area (TPSA) is 87.0 Å². The molecule has 3 N–H and O–H groups in total. The van der Waals surface area contributed by atoms with E-state index in [1.807, 2.05) is 12.2 Å². The van der Waals surface area contributed by atoms with Gasteiger partial charge in [-0.2, -0.15) is 0 Å². The molecule has 5 nitrogen and oxygen atoms in total. The maximum atomic E-state index is 10.7. The second-order valence-corrected chi connectivity index (χ2v) is 9.34. The third-order valence-electron chi connectivity index (χ3n) is 5.68. The fraction of sp³-hybridized carbons (Fsp3) is 0.850. The Morgan fingerprint density at radius 3 is 2.73 bits per heavy atom. The highest BCUT2D eigenvalue weighted by Gasteiger charge is 2.49. The molecule has 2 fully saturated rings. The summed E-state index contributed by atoms with van der Waals surface area (Å²) in [5, 5.41) is 29.2. The maximum absolute atomic E-state index is 10.7. The van der Waals surface area contributed by atoms with E-state index in [1.54, 1.807) is 0 Å². The lowest BCUT2D eigenvalue weighted by atomic mass is 9.89. The Labute approximate surface area is 170 Å². The summed E-state index contributed by atoms with van der Waals surface area (Å²) in [6.07, 6.45) is 10.6. The molecule has 1 heterocycles. The van der Waals surface area contributed by atoms with Gasteiger partial charge >= 0.3 is 5.97 Å². The number of halogens is 1. The van der Waals surface area contributed by atoms with Crippen LogP contribution in [-0.4, -0.2) is 49.6 Å². The molecule has 2 unspecified atom stereocenters. The van der Waals surface area contributed by atoms with Gasteiger partial charge in [-0.25, -0.2) is 0 Å². The van der Waals surface area contributed by atoms with E-state index in [4.69, 9.17) is 9.84 Å². The summed E-state index contributed by atoms with van der Waals surface area (Å²) in [6.45, 7) is 2.15. The zero-order valence-electron chi connectivity index (χ0n) is 15.6. The van der Waals surface area contributed by atoms with Crippen LogP contribution in [0.15, 0.2) is 12.2 Å². The lowest BCUT2D eigenvalue weighted by Crippen LogP contribution is -2.24. The Morgan fingerprint density at radius 1 is 1.27 bits per heavy atom. The monoisotopic (exact) mass is 480 g/mol. The predicted octanol–water partition coefficient (Wildman–Crippen LogP) is 3.70. The molecule has 6 heteroatoms. The quantitative estimate of drug-likeness (QED) is 0.182. The molecule has 0 aromatic heterocycles. The van der Waals surface area contributed by atoms with E-state index >= 15 is 0 Å². The Hall–Kier alpha value is -0.180. The molecule has 1 saturated heterocycles. The molecule has 7 atom stereocenters. The van der Waals surface area contributed by atoms with Crippen LogP contribution >= 0.6 is 22.6 Å². The molecule has 0 aromatic carbocycles. The largest absolute Gasteiger partial charge is 0.481 e. The SMILES string of the molecule is CCCCC[C@H](O)/C=C/[C@@H]1C2CC([C@H](I)CCCC(=O)O)O[C@H]2C[C@H]1O. The van der Waals surface area contributed by atoms with Crippen LogP contribution in [0, 0.1) is 11.8 Å². The van der Waals surface area contributed by atoms with Crippen molar-refractivity contribution in [3.05, 3.63) is 12.2 Å². The Balaban J connectivity index is 1.82. The first-order valence-electron chi connectivity index (χ1n) is 9.98. The number of hydrogen-bond donors (Lipinski definition) is 3. The van der Waals surface area contributed by atoms with Crippen LogP contribution in [0.2, 0.25) is 0 Å². The number of carboxylic acid groups (broad SMARTS) is 1. The standard InChI is InChI=1S/C20H33IO5/c1-2-3-4-6-13(22)9-10-14-15-11-19(26-18(15)12-17(14)23)16(21)7-5-8-20(24)25/h9-10,13-19,22-23H,2-8,11-12H2,1H3,(H,24,25)/b10-9+/t13-,14+,15?,16+,17+,18-,19?/m0/s1. The second-order valence-electron chi connectivity index (χ2n) is 7.74. The van der Waals surface area contributed by atoms with E-state index in [-0.39, 0.29) is 24.5 Å². The van der Waals surface area contributed by atoms with Gasteiger partial charge in [-0.05, 0) is 31.6 Å². The highest BCUT2D eigenvalue weighted by Crippen LogP contribution is 2.46. The van der Waals surface area contributed by atoms with Crippen LogP contribution in [0.25, 0.3) is 0 Å². The van der Waals surface area contributed by atoms with Crippen molar-refractivity contribution in [3.63, 3.8) is 0 Å². The normalized spacial score (nSPS) is 33.5. The van der Waals surface area contributed by atoms with Crippen molar-refractivity contribution in [2.75, 3.05) is 0 Å². The van der Waals surface area contributed by atoms with E-state index in [0.717, 1.165) is 38.5 Å². The highest BCUT2D eigenvalue weighted by molar-refractivity contribution is 14.1. The maximum Gasteiger partial charge on any atom is 0.303 e. The van der Waals surface area contributed by atoms with Gasteiger partial charge in [-0.3, -0.25) is 4.79 Å². The summed E-state index contributed by atoms with van der Waals surface area (Å²) in [5.41, 5.74) is 0. The summed E-state index contributed by atoms with van der Waals surface area (Å²) in [7, 11) is 0. The number of unbranched alkanes of at least 4 members (excludes halogenated alkanes) is 2. The van der Waals surface area contributed by atoms with Crippen LogP contribution in [0.1, 0.15) is 64.7 Å². The van der Waals surface area contributed by atoms with E-state index < -0.39 is 18.2 Å². The molecule has 0 amide bonds. The summed E-state index contributed by atoms with van der Waals surface area (Å²) in [4.78, 5) is 10.7. The Kier molecular flexibility index (Phi) is 9.33. The molecule has 150 valence electrons. The van der Waals surface area contributed by atoms with Gasteiger partial charge in [0, 0.05) is 22.7 Å². The van der Waals surface area contributed by atoms with Crippen molar-refractivity contribution < 1.29 is 24.9 Å². The molecule has 0 spiro atoms. The van der Waals surface area contributed by atoms with Crippen molar-refractivity contribution in [1.82, 2.24) is 0 Å². The van der Waals surface area contributed by atoms with E-state index in [1.165, 1.54) is 0 Å². The number of fused-ring (bicyclic) bond motifs is 1. The number of rotatable bonds is 11. The second kappa shape index (κ2) is 11.0. The first kappa shape index (κ1) is 22.1. The van der Waals surface area contributed by atoms with Crippen LogP contribution in [0.3, 0.4) is 0 Å². The minimum Gasteiger partial charge on any atom is -0.481 e. The molecule has 1 aliphatic heterocycles. The molecule has 1 saturated carbocycles. The van der Waals surface area contributed by atoms with Gasteiger partial charge in [0.2, 0.25) is 0 Å². The number of aliphatic hydroxyl groups excluding tert-OH is 2. The number of ether oxygens (including phenoxy) is 1. The number of carboxylic acids is 1. The first-order chi connectivity index (χ1) is 12.4. The zero-order valence-corrected chi connectivity index (χ0v) is 17.8. The third kappa shape index (κ3) is 6.46. The number of aliphatic carboxylic acids is 1. The van der Waals surface area contributed by atoms with Crippen molar-refractivity contribution in [3.8, 4) is 0 Å². The summed E-state index contributed by atoms with van der Waals surface area (Å²) in [6, 6.07) is 0. The smallest absolute Gasteiger partial charge is 0.303 e. The summed E-state index contributed by atoms with van der Waals surface area (Å²) in [5.74, 6) is -0.400. The van der Waals surface area contributed by atoms with Gasteiger partial charge in [-0.15, -0.1) is 0 Å². The van der Waals surface area contributed by atoms with Crippen LogP contribution in [0.5, 0.6) is 0 Å². The van der Waals surface area contributed by atoms with E-state index in [2.05, 4.69) is 29.5 Å². The minimum absolute atomic E-state index is 0.0495. The van der Waals surface area contributed by atoms with E-state index in [9.17, 15) is 15.0 Å². The fourth-order valence-corrected chi connectivity index (χ4v) is 5.11. The zero-order chi connectivity index (χ0) is 19.1. The molecule has 0 aromatic rings. The highest BCUT2D eigenvalue weighted by atomic mass is 127. The number of carbonyl (C=O) groups is 1. The molecule has 0 bridgehead atoms. The molecule has 1 aliphatic carbocycles. The summed E-state index contributed by atoms with van der Waals surface area (Å²) < 4.78 is 6.48. The van der Waals surface area contributed by atoms with Gasteiger partial charge in [0.15, 0.2) is 0 Å². The number of hydrogen-bond acceptors (Lipinski definition) is 4. The van der Waals surface area contributed by atoms with Crippen LogP contribution in [-0.2, 0) is 9.53 Å². The summed E-state index contributed by atoms with van der Waals surface area (Å²) >= 11 is 2.38. The lowest BCUT2D eigenvalue weighted by molar-refractivity contribution is -0.137. The molecule has 0 radical (unpaired) electrons. The molecular formula is C20H33IO5. The van der Waals surface area contributed by atoms with Crippen LogP contribution in [0.4, 0.5) is 0 Å². The molecule has 2 rings (SSSR count). The third-order valence-corrected chi connectivity index (χ3v) is 7.10. The van der Waals surface area contributed by atoms with Crippen molar-refractivity contribution >= 4 is 28.6 Å². The van der Waals surface area contributed by atoms with Gasteiger partial charge in [0.25, 0.3) is 0 Å². The number of alkyl halides is 1.